The highest BCUT2D eigenvalue weighted by atomic mass is 16.9. The summed E-state index contributed by atoms with van der Waals surface area (Å²) in [6, 6.07) is 5.34. The van der Waals surface area contributed by atoms with Crippen LogP contribution in [0.25, 0.3) is 0 Å². The Balaban J connectivity index is 1.47. The fraction of sp³-hybridized carbons (Fsp3) is 0.632. The molecule has 10 nitrogen and oxygen atoms in total. The molecule has 0 saturated carbocycles. The second-order valence-corrected chi connectivity index (χ2v) is 8.11. The zero-order valence-corrected chi connectivity index (χ0v) is 16.5. The molecule has 4 rings (SSSR count). The largest absolute Gasteiger partial charge is 0.459 e. The number of hydrogen-bond donors (Lipinski definition) is 0. The quantitative estimate of drug-likeness (QED) is 0.419. The minimum atomic E-state index is -0.855. The highest BCUT2D eigenvalue weighted by molar-refractivity contribution is 5.90. The van der Waals surface area contributed by atoms with Crippen LogP contribution >= 0.6 is 0 Å². The summed E-state index contributed by atoms with van der Waals surface area (Å²) < 4.78 is 35.0. The molecule has 10 heteroatoms. The van der Waals surface area contributed by atoms with Gasteiger partial charge in [-0.2, -0.15) is 0 Å². The molecule has 5 unspecified atom stereocenters. The Labute approximate surface area is 167 Å². The summed E-state index contributed by atoms with van der Waals surface area (Å²) in [7, 11) is 0. The van der Waals surface area contributed by atoms with Gasteiger partial charge in [-0.05, 0) is 33.8 Å². The fourth-order valence-electron chi connectivity index (χ4n) is 3.82. The first-order valence-corrected chi connectivity index (χ1v) is 9.33. The molecule has 3 saturated heterocycles. The number of nitrogens with zero attached hydrogens (tertiary/aromatic N) is 1. The molecule has 29 heavy (non-hydrogen) atoms. The molecule has 3 heterocycles. The molecular formula is C19H23NO9. The molecule has 5 atom stereocenters. The topological polar surface area (TPSA) is 116 Å². The van der Waals surface area contributed by atoms with Crippen molar-refractivity contribution in [3.05, 3.63) is 39.9 Å². The van der Waals surface area contributed by atoms with Crippen LogP contribution in [0.4, 0.5) is 5.69 Å². The van der Waals surface area contributed by atoms with Gasteiger partial charge in [0.15, 0.2) is 17.9 Å². The second-order valence-electron chi connectivity index (χ2n) is 8.11. The van der Waals surface area contributed by atoms with Crippen LogP contribution in [0.3, 0.4) is 0 Å². The van der Waals surface area contributed by atoms with Gasteiger partial charge in [-0.1, -0.05) is 6.07 Å². The van der Waals surface area contributed by atoms with Crippen LogP contribution in [-0.2, 0) is 28.4 Å². The molecule has 0 aromatic heterocycles. The predicted molar refractivity (Wildman–Crippen MR) is 95.9 cm³/mol. The van der Waals surface area contributed by atoms with Crippen molar-refractivity contribution >= 4 is 11.7 Å². The zero-order chi connectivity index (χ0) is 21.0. The summed E-state index contributed by atoms with van der Waals surface area (Å²) in [6.45, 7) is 7.00. The molecular weight excluding hydrogens is 386 g/mol. The van der Waals surface area contributed by atoms with E-state index in [4.69, 9.17) is 28.4 Å². The standard InChI is InChI=1S/C19H23NO9/c1-18(2)26-13-12(25-17-15(14(13)27-18)28-19(3,4)29-17)9-24-16(21)10-6-5-7-11(8-10)20(22)23/h5-8,12-15,17H,9H2,1-4H3. The Kier molecular flexibility index (Phi) is 4.87. The van der Waals surface area contributed by atoms with Crippen LogP contribution < -0.4 is 0 Å². The molecule has 1 aromatic carbocycles. The van der Waals surface area contributed by atoms with Gasteiger partial charge < -0.3 is 28.4 Å². The number of nitro groups is 1. The molecule has 0 bridgehead atoms. The minimum absolute atomic E-state index is 0.0786. The molecule has 0 N–H and O–H groups in total. The molecule has 1 aromatic rings. The lowest BCUT2D eigenvalue weighted by Crippen LogP contribution is -2.56. The van der Waals surface area contributed by atoms with Gasteiger partial charge in [0, 0.05) is 12.1 Å². The first kappa shape index (κ1) is 20.2. The van der Waals surface area contributed by atoms with E-state index in [1.165, 1.54) is 18.2 Å². The maximum Gasteiger partial charge on any atom is 0.338 e. The van der Waals surface area contributed by atoms with Gasteiger partial charge in [-0.25, -0.2) is 4.79 Å². The van der Waals surface area contributed by atoms with Gasteiger partial charge in [0.25, 0.3) is 5.69 Å². The molecule has 3 fully saturated rings. The van der Waals surface area contributed by atoms with E-state index in [2.05, 4.69) is 0 Å². The van der Waals surface area contributed by atoms with Crippen LogP contribution in [0, 0.1) is 10.1 Å². The van der Waals surface area contributed by atoms with E-state index in [0.29, 0.717) is 0 Å². The number of rotatable bonds is 4. The Morgan fingerprint density at radius 3 is 2.45 bits per heavy atom. The number of carbonyl (C=O) groups is 1. The lowest BCUT2D eigenvalue weighted by molar-refractivity contribution is -0.384. The van der Waals surface area contributed by atoms with E-state index >= 15 is 0 Å². The third kappa shape index (κ3) is 3.99. The smallest absolute Gasteiger partial charge is 0.338 e. The minimum Gasteiger partial charge on any atom is -0.459 e. The normalized spacial score (nSPS) is 34.3. The SMILES string of the molecule is CC1(C)OC2OC(COC(=O)c3cccc([N+](=O)[O-])c3)C3OC(C)(C)OC3C2O1. The second kappa shape index (κ2) is 6.99. The number of nitro benzene ring substituents is 1. The number of esters is 1. The maximum atomic E-state index is 12.4. The Hall–Kier alpha value is -2.11. The highest BCUT2D eigenvalue weighted by Gasteiger charge is 2.60. The number of fused-ring (bicyclic) bond motifs is 3. The van der Waals surface area contributed by atoms with E-state index in [0.717, 1.165) is 6.07 Å². The first-order valence-electron chi connectivity index (χ1n) is 9.33. The summed E-state index contributed by atoms with van der Waals surface area (Å²) in [5.41, 5.74) is -0.112. The molecule has 0 spiro atoms. The van der Waals surface area contributed by atoms with E-state index in [1.54, 1.807) is 27.7 Å². The molecule has 0 amide bonds. The molecule has 3 aliphatic heterocycles. The zero-order valence-electron chi connectivity index (χ0n) is 16.5. The average molecular weight is 409 g/mol. The van der Waals surface area contributed by atoms with Crippen molar-refractivity contribution in [2.75, 3.05) is 6.61 Å². The monoisotopic (exact) mass is 409 g/mol. The van der Waals surface area contributed by atoms with Crippen LogP contribution in [0.15, 0.2) is 24.3 Å². The van der Waals surface area contributed by atoms with Crippen LogP contribution in [0.1, 0.15) is 38.1 Å². The lowest BCUT2D eigenvalue weighted by atomic mass is 9.99. The van der Waals surface area contributed by atoms with Crippen molar-refractivity contribution in [3.8, 4) is 0 Å². The van der Waals surface area contributed by atoms with Crippen molar-refractivity contribution in [1.82, 2.24) is 0 Å². The van der Waals surface area contributed by atoms with E-state index in [-0.39, 0.29) is 17.9 Å². The summed E-state index contributed by atoms with van der Waals surface area (Å²) in [5.74, 6) is -2.39. The number of ether oxygens (including phenoxy) is 6. The first-order chi connectivity index (χ1) is 13.5. The number of carbonyl (C=O) groups excluding carboxylic acids is 1. The third-order valence-electron chi connectivity index (χ3n) is 4.92. The van der Waals surface area contributed by atoms with Gasteiger partial charge in [0.05, 0.1) is 10.5 Å². The average Bonchev–Trinajstić information content (AvgIpc) is 3.13. The van der Waals surface area contributed by atoms with Gasteiger partial charge in [-0.15, -0.1) is 0 Å². The van der Waals surface area contributed by atoms with E-state index in [1.807, 2.05) is 0 Å². The van der Waals surface area contributed by atoms with Crippen LogP contribution in [0.2, 0.25) is 0 Å². The number of non-ortho nitro benzene ring substituents is 1. The van der Waals surface area contributed by atoms with Crippen LogP contribution in [-0.4, -0.2) is 59.8 Å². The van der Waals surface area contributed by atoms with Crippen molar-refractivity contribution in [2.45, 2.75) is 70.0 Å². The Morgan fingerprint density at radius 1 is 1.07 bits per heavy atom. The molecule has 3 aliphatic rings. The number of hydrogen-bond acceptors (Lipinski definition) is 9. The van der Waals surface area contributed by atoms with Crippen molar-refractivity contribution in [1.29, 1.82) is 0 Å². The number of benzene rings is 1. The molecule has 0 aliphatic carbocycles. The van der Waals surface area contributed by atoms with Gasteiger partial charge >= 0.3 is 5.97 Å². The van der Waals surface area contributed by atoms with Crippen molar-refractivity contribution < 1.29 is 38.1 Å². The summed E-state index contributed by atoms with van der Waals surface area (Å²) in [4.78, 5) is 22.7. The highest BCUT2D eigenvalue weighted by Crippen LogP contribution is 2.44. The van der Waals surface area contributed by atoms with Crippen LogP contribution in [0.5, 0.6) is 0 Å². The van der Waals surface area contributed by atoms with E-state index < -0.39 is 53.2 Å². The van der Waals surface area contributed by atoms with E-state index in [9.17, 15) is 14.9 Å². The van der Waals surface area contributed by atoms with Gasteiger partial charge in [0.1, 0.15) is 31.0 Å². The molecule has 0 radical (unpaired) electrons. The van der Waals surface area contributed by atoms with Crippen molar-refractivity contribution in [3.63, 3.8) is 0 Å². The third-order valence-corrected chi connectivity index (χ3v) is 4.92. The predicted octanol–water partition coefficient (Wildman–Crippen LogP) is 2.15. The summed E-state index contributed by atoms with van der Waals surface area (Å²) >= 11 is 0. The van der Waals surface area contributed by atoms with Gasteiger partial charge in [0.2, 0.25) is 0 Å². The fourth-order valence-corrected chi connectivity index (χ4v) is 3.82. The summed E-state index contributed by atoms with van der Waals surface area (Å²) in [6.07, 6.45) is -2.79. The summed E-state index contributed by atoms with van der Waals surface area (Å²) in [5, 5.41) is 10.9. The lowest BCUT2D eigenvalue weighted by Gasteiger charge is -2.36. The van der Waals surface area contributed by atoms with Crippen molar-refractivity contribution in [2.24, 2.45) is 0 Å². The van der Waals surface area contributed by atoms with Gasteiger partial charge in [-0.3, -0.25) is 10.1 Å². The Bertz CT molecular complexity index is 824. The maximum absolute atomic E-state index is 12.4. The Morgan fingerprint density at radius 2 is 1.72 bits per heavy atom. The molecule has 158 valence electrons.